The second-order valence-corrected chi connectivity index (χ2v) is 7.15. The highest BCUT2D eigenvalue weighted by Gasteiger charge is 2.22. The van der Waals surface area contributed by atoms with Gasteiger partial charge in [-0.2, -0.15) is 0 Å². The number of aryl methyl sites for hydroxylation is 2. The van der Waals surface area contributed by atoms with Crippen molar-refractivity contribution < 1.29 is 17.9 Å². The van der Waals surface area contributed by atoms with E-state index < -0.39 is 27.5 Å². The van der Waals surface area contributed by atoms with Gasteiger partial charge in [0.1, 0.15) is 5.82 Å². The molecule has 112 valence electrons. The molecule has 0 heterocycles. The number of aliphatic hydroxyl groups is 1. The van der Waals surface area contributed by atoms with Gasteiger partial charge in [0.05, 0.1) is 16.8 Å². The summed E-state index contributed by atoms with van der Waals surface area (Å²) < 4.78 is 37.6. The smallest absolute Gasteiger partial charge is 0.181 e. The van der Waals surface area contributed by atoms with Gasteiger partial charge in [0, 0.05) is 0 Å². The number of hydrogen-bond donors (Lipinski definition) is 1. The number of rotatable bonds is 4. The van der Waals surface area contributed by atoms with Crippen LogP contribution in [0.3, 0.4) is 0 Å². The number of halogens is 1. The van der Waals surface area contributed by atoms with Crippen LogP contribution in [-0.2, 0) is 9.84 Å². The zero-order valence-corrected chi connectivity index (χ0v) is 12.7. The first-order chi connectivity index (χ1) is 9.79. The maximum atomic E-state index is 13.1. The van der Waals surface area contributed by atoms with E-state index in [1.165, 1.54) is 18.2 Å². The average molecular weight is 308 g/mol. The second kappa shape index (κ2) is 5.95. The summed E-state index contributed by atoms with van der Waals surface area (Å²) in [5, 5.41) is 10.2. The Labute approximate surface area is 124 Å². The van der Waals surface area contributed by atoms with Gasteiger partial charge in [0.25, 0.3) is 0 Å². The minimum Gasteiger partial charge on any atom is -0.387 e. The summed E-state index contributed by atoms with van der Waals surface area (Å²) in [4.78, 5) is -0.119. The first kappa shape index (κ1) is 15.7. The fourth-order valence-electron chi connectivity index (χ4n) is 2.17. The van der Waals surface area contributed by atoms with Crippen LogP contribution < -0.4 is 0 Å². The van der Waals surface area contributed by atoms with Crippen LogP contribution in [0.1, 0.15) is 22.8 Å². The zero-order chi connectivity index (χ0) is 15.6. The van der Waals surface area contributed by atoms with Crippen LogP contribution in [0.25, 0.3) is 0 Å². The lowest BCUT2D eigenvalue weighted by Gasteiger charge is -2.15. The number of sulfone groups is 1. The van der Waals surface area contributed by atoms with Crippen molar-refractivity contribution in [1.29, 1.82) is 0 Å². The van der Waals surface area contributed by atoms with Gasteiger partial charge < -0.3 is 5.11 Å². The Kier molecular flexibility index (Phi) is 4.44. The summed E-state index contributed by atoms with van der Waals surface area (Å²) in [7, 11) is -3.75. The summed E-state index contributed by atoms with van der Waals surface area (Å²) in [6.07, 6.45) is -1.14. The Morgan fingerprint density at radius 2 is 1.86 bits per heavy atom. The van der Waals surface area contributed by atoms with Crippen molar-refractivity contribution in [2.75, 3.05) is 5.75 Å². The fraction of sp³-hybridized carbons (Fsp3) is 0.250. The van der Waals surface area contributed by atoms with E-state index in [1.807, 2.05) is 26.0 Å². The first-order valence-electron chi connectivity index (χ1n) is 6.53. The van der Waals surface area contributed by atoms with Crippen molar-refractivity contribution in [3.63, 3.8) is 0 Å². The molecule has 0 aliphatic rings. The average Bonchev–Trinajstić information content (AvgIpc) is 2.41. The summed E-state index contributed by atoms with van der Waals surface area (Å²) in [6, 6.07) is 10.3. The van der Waals surface area contributed by atoms with Crippen molar-refractivity contribution >= 4 is 9.84 Å². The summed E-state index contributed by atoms with van der Waals surface area (Å²) in [5.41, 5.74) is 2.34. The van der Waals surface area contributed by atoms with Crippen molar-refractivity contribution in [1.82, 2.24) is 0 Å². The lowest BCUT2D eigenvalue weighted by Crippen LogP contribution is -2.16. The Balaban J connectivity index is 2.30. The van der Waals surface area contributed by atoms with Crippen LogP contribution in [0.2, 0.25) is 0 Å². The Morgan fingerprint density at radius 1 is 1.14 bits per heavy atom. The van der Waals surface area contributed by atoms with Gasteiger partial charge in [-0.1, -0.05) is 29.8 Å². The van der Waals surface area contributed by atoms with Crippen LogP contribution in [0.5, 0.6) is 0 Å². The van der Waals surface area contributed by atoms with E-state index in [2.05, 4.69) is 0 Å². The highest BCUT2D eigenvalue weighted by Crippen LogP contribution is 2.23. The van der Waals surface area contributed by atoms with Crippen LogP contribution in [0.15, 0.2) is 47.4 Å². The first-order valence-corrected chi connectivity index (χ1v) is 8.18. The van der Waals surface area contributed by atoms with Crippen molar-refractivity contribution in [3.05, 3.63) is 65.0 Å². The normalized spacial score (nSPS) is 13.1. The maximum absolute atomic E-state index is 13.1. The van der Waals surface area contributed by atoms with Crippen LogP contribution >= 0.6 is 0 Å². The molecule has 0 amide bonds. The molecular weight excluding hydrogens is 291 g/mol. The molecule has 0 fully saturated rings. The lowest BCUT2D eigenvalue weighted by molar-refractivity contribution is 0.201. The molecule has 0 aliphatic carbocycles. The molecule has 3 nitrogen and oxygen atoms in total. The molecule has 1 unspecified atom stereocenters. The largest absolute Gasteiger partial charge is 0.387 e. The number of hydrogen-bond acceptors (Lipinski definition) is 3. The SMILES string of the molecule is Cc1ccc(C)c(C(O)CS(=O)(=O)c2cccc(F)c2)c1. The summed E-state index contributed by atoms with van der Waals surface area (Å²) in [6.45, 7) is 3.68. The van der Waals surface area contributed by atoms with E-state index in [0.29, 0.717) is 5.56 Å². The lowest BCUT2D eigenvalue weighted by atomic mass is 10.0. The van der Waals surface area contributed by atoms with E-state index >= 15 is 0 Å². The van der Waals surface area contributed by atoms with E-state index in [1.54, 1.807) is 6.07 Å². The van der Waals surface area contributed by atoms with E-state index in [4.69, 9.17) is 0 Å². The Bertz CT molecular complexity index is 754. The molecule has 1 atom stereocenters. The van der Waals surface area contributed by atoms with E-state index in [0.717, 1.165) is 17.2 Å². The van der Waals surface area contributed by atoms with Crippen molar-refractivity contribution in [3.8, 4) is 0 Å². The highest BCUT2D eigenvalue weighted by molar-refractivity contribution is 7.91. The Hall–Kier alpha value is -1.72. The minimum absolute atomic E-state index is 0.119. The van der Waals surface area contributed by atoms with Crippen LogP contribution in [0, 0.1) is 19.7 Å². The molecule has 2 aromatic carbocycles. The van der Waals surface area contributed by atoms with Crippen LogP contribution in [0.4, 0.5) is 4.39 Å². The third-order valence-electron chi connectivity index (χ3n) is 3.33. The molecule has 0 saturated heterocycles. The topological polar surface area (TPSA) is 54.4 Å². The second-order valence-electron chi connectivity index (χ2n) is 5.11. The molecule has 0 spiro atoms. The monoisotopic (exact) mass is 308 g/mol. The molecule has 2 rings (SSSR count). The van der Waals surface area contributed by atoms with Gasteiger partial charge in [-0.25, -0.2) is 12.8 Å². The fourth-order valence-corrected chi connectivity index (χ4v) is 3.54. The third kappa shape index (κ3) is 3.68. The maximum Gasteiger partial charge on any atom is 0.181 e. The van der Waals surface area contributed by atoms with Crippen molar-refractivity contribution in [2.45, 2.75) is 24.8 Å². The van der Waals surface area contributed by atoms with Crippen LogP contribution in [-0.4, -0.2) is 19.3 Å². The Morgan fingerprint density at radius 3 is 2.52 bits per heavy atom. The molecule has 0 radical (unpaired) electrons. The van der Waals surface area contributed by atoms with Gasteiger partial charge in [0.15, 0.2) is 9.84 Å². The molecule has 21 heavy (non-hydrogen) atoms. The molecule has 0 saturated carbocycles. The minimum atomic E-state index is -3.75. The van der Waals surface area contributed by atoms with E-state index in [-0.39, 0.29) is 4.90 Å². The summed E-state index contributed by atoms with van der Waals surface area (Å²) in [5.74, 6) is -1.09. The molecular formula is C16H17FO3S. The standard InChI is InChI=1S/C16H17FO3S/c1-11-6-7-12(2)15(8-11)16(18)10-21(19,20)14-5-3-4-13(17)9-14/h3-9,16,18H,10H2,1-2H3. The number of aliphatic hydroxyl groups excluding tert-OH is 1. The molecule has 0 bridgehead atoms. The van der Waals surface area contributed by atoms with Crippen molar-refractivity contribution in [2.24, 2.45) is 0 Å². The predicted octanol–water partition coefficient (Wildman–Crippen LogP) is 2.95. The van der Waals surface area contributed by atoms with E-state index in [9.17, 15) is 17.9 Å². The molecule has 1 N–H and O–H groups in total. The molecule has 0 aromatic heterocycles. The quantitative estimate of drug-likeness (QED) is 0.945. The molecule has 5 heteroatoms. The predicted molar refractivity (Wildman–Crippen MR) is 79.3 cm³/mol. The van der Waals surface area contributed by atoms with Gasteiger partial charge in [-0.05, 0) is 43.2 Å². The van der Waals surface area contributed by atoms with Gasteiger partial charge in [0.2, 0.25) is 0 Å². The molecule has 0 aliphatic heterocycles. The summed E-state index contributed by atoms with van der Waals surface area (Å²) >= 11 is 0. The zero-order valence-electron chi connectivity index (χ0n) is 11.9. The van der Waals surface area contributed by atoms with Gasteiger partial charge >= 0.3 is 0 Å². The number of benzene rings is 2. The third-order valence-corrected chi connectivity index (χ3v) is 5.05. The molecule has 2 aromatic rings. The van der Waals surface area contributed by atoms with Gasteiger partial charge in [-0.15, -0.1) is 0 Å². The highest BCUT2D eigenvalue weighted by atomic mass is 32.2. The van der Waals surface area contributed by atoms with Gasteiger partial charge in [-0.3, -0.25) is 0 Å².